The fraction of sp³-hybridized carbons (Fsp3) is 0.263. The van der Waals surface area contributed by atoms with Crippen LogP contribution in [0, 0.1) is 11.3 Å². The molecule has 1 fully saturated rings. The van der Waals surface area contributed by atoms with Crippen LogP contribution in [0.4, 0.5) is 5.88 Å². The average molecular weight is 392 g/mol. The molecule has 0 spiro atoms. The van der Waals surface area contributed by atoms with Gasteiger partial charge in [-0.05, 0) is 24.3 Å². The Bertz CT molecular complexity index is 1110. The topological polar surface area (TPSA) is 122 Å². The number of furan rings is 2. The van der Waals surface area contributed by atoms with E-state index in [4.69, 9.17) is 17.7 Å². The highest BCUT2D eigenvalue weighted by Gasteiger charge is 2.26. The zero-order chi connectivity index (χ0) is 19.6. The Labute approximate surface area is 165 Å². The van der Waals surface area contributed by atoms with Crippen molar-refractivity contribution in [3.63, 3.8) is 0 Å². The Morgan fingerprint density at radius 2 is 1.66 bits per heavy atom. The molecule has 0 bridgehead atoms. The van der Waals surface area contributed by atoms with Crippen LogP contribution in [0.1, 0.15) is 11.6 Å². The molecule has 1 saturated heterocycles. The molecule has 5 heterocycles. The number of rotatable bonds is 5. The molecule has 4 aromatic rings. The van der Waals surface area contributed by atoms with Gasteiger partial charge >= 0.3 is 0 Å². The van der Waals surface area contributed by atoms with E-state index in [0.717, 1.165) is 13.1 Å². The first-order valence-corrected chi connectivity index (χ1v) is 9.08. The molecule has 0 atom stereocenters. The summed E-state index contributed by atoms with van der Waals surface area (Å²) in [5, 5.41) is 17.5. The van der Waals surface area contributed by atoms with E-state index >= 15 is 0 Å². The van der Waals surface area contributed by atoms with Gasteiger partial charge < -0.3 is 22.6 Å². The van der Waals surface area contributed by atoms with Crippen molar-refractivity contribution in [1.82, 2.24) is 20.1 Å². The lowest BCUT2D eigenvalue weighted by atomic mass is 10.3. The average Bonchev–Trinajstić information content (AvgIpc) is 3.55. The van der Waals surface area contributed by atoms with E-state index in [1.54, 1.807) is 36.8 Å². The first kappa shape index (κ1) is 17.3. The lowest BCUT2D eigenvalue weighted by molar-refractivity contribution is 0.224. The van der Waals surface area contributed by atoms with Crippen molar-refractivity contribution in [3.05, 3.63) is 48.4 Å². The summed E-state index contributed by atoms with van der Waals surface area (Å²) >= 11 is 0. The standard InChI is InChI=1S/C19H16N6O4/c20-11-13-19(29-17(21-13)14-3-1-9-26-14)25-7-5-24(6-8-25)12-16-22-23-18(28-16)15-4-2-10-27-15/h1-4,9-10H,5-8,12H2. The summed E-state index contributed by atoms with van der Waals surface area (Å²) in [5.41, 5.74) is 0.254. The van der Waals surface area contributed by atoms with Gasteiger partial charge in [0.15, 0.2) is 11.5 Å². The summed E-state index contributed by atoms with van der Waals surface area (Å²) in [6, 6.07) is 9.14. The minimum Gasteiger partial charge on any atom is -0.459 e. The maximum atomic E-state index is 9.41. The third kappa shape index (κ3) is 3.39. The van der Waals surface area contributed by atoms with Crippen molar-refractivity contribution in [2.75, 3.05) is 31.1 Å². The van der Waals surface area contributed by atoms with Gasteiger partial charge in [-0.15, -0.1) is 10.2 Å². The van der Waals surface area contributed by atoms with Crippen LogP contribution in [-0.2, 0) is 6.54 Å². The summed E-state index contributed by atoms with van der Waals surface area (Å²) in [6.07, 6.45) is 3.10. The van der Waals surface area contributed by atoms with Crippen molar-refractivity contribution in [2.45, 2.75) is 6.54 Å². The summed E-state index contributed by atoms with van der Waals surface area (Å²) in [5.74, 6) is 2.72. The van der Waals surface area contributed by atoms with Gasteiger partial charge in [-0.1, -0.05) is 0 Å². The van der Waals surface area contributed by atoms with Crippen molar-refractivity contribution < 1.29 is 17.7 Å². The number of piperazine rings is 1. The smallest absolute Gasteiger partial charge is 0.283 e. The highest BCUT2D eigenvalue weighted by atomic mass is 16.4. The second kappa shape index (κ2) is 7.29. The number of hydrogen-bond donors (Lipinski definition) is 0. The third-order valence-electron chi connectivity index (χ3n) is 4.66. The van der Waals surface area contributed by atoms with E-state index in [9.17, 15) is 5.26 Å². The molecule has 0 radical (unpaired) electrons. The van der Waals surface area contributed by atoms with Crippen LogP contribution < -0.4 is 4.90 Å². The molecule has 0 unspecified atom stereocenters. The number of anilines is 1. The maximum Gasteiger partial charge on any atom is 0.283 e. The number of oxazole rings is 1. The minimum absolute atomic E-state index is 0.254. The van der Waals surface area contributed by atoms with E-state index in [-0.39, 0.29) is 5.69 Å². The van der Waals surface area contributed by atoms with Gasteiger partial charge in [0, 0.05) is 26.2 Å². The van der Waals surface area contributed by atoms with Gasteiger partial charge in [-0.3, -0.25) is 4.90 Å². The monoisotopic (exact) mass is 392 g/mol. The molecule has 10 heteroatoms. The fourth-order valence-corrected chi connectivity index (χ4v) is 3.22. The van der Waals surface area contributed by atoms with Crippen molar-refractivity contribution in [3.8, 4) is 29.4 Å². The molecule has 0 saturated carbocycles. The first-order chi connectivity index (χ1) is 14.3. The van der Waals surface area contributed by atoms with E-state index in [1.807, 2.05) is 4.90 Å². The second-order valence-electron chi connectivity index (χ2n) is 6.50. The number of hydrogen-bond acceptors (Lipinski definition) is 10. The second-order valence-corrected chi connectivity index (χ2v) is 6.50. The highest BCUT2D eigenvalue weighted by molar-refractivity contribution is 5.55. The fourth-order valence-electron chi connectivity index (χ4n) is 3.22. The van der Waals surface area contributed by atoms with Gasteiger partial charge in [0.05, 0.1) is 19.1 Å². The molecule has 1 aliphatic heterocycles. The van der Waals surface area contributed by atoms with Crippen molar-refractivity contribution >= 4 is 5.88 Å². The van der Waals surface area contributed by atoms with Crippen LogP contribution in [0.3, 0.4) is 0 Å². The summed E-state index contributed by atoms with van der Waals surface area (Å²) in [6.45, 7) is 3.40. The molecule has 1 aliphatic rings. The van der Waals surface area contributed by atoms with E-state index in [2.05, 4.69) is 26.2 Å². The van der Waals surface area contributed by atoms with Gasteiger partial charge in [0.2, 0.25) is 17.5 Å². The zero-order valence-electron chi connectivity index (χ0n) is 15.3. The zero-order valence-corrected chi connectivity index (χ0v) is 15.3. The molecule has 0 aromatic carbocycles. The summed E-state index contributed by atoms with van der Waals surface area (Å²) in [4.78, 5) is 8.45. The Kier molecular flexibility index (Phi) is 4.34. The molecule has 10 nitrogen and oxygen atoms in total. The molecule has 4 aromatic heterocycles. The molecule has 0 aliphatic carbocycles. The van der Waals surface area contributed by atoms with E-state index in [1.165, 1.54) is 0 Å². The van der Waals surface area contributed by atoms with Gasteiger partial charge in [-0.25, -0.2) is 0 Å². The van der Waals surface area contributed by atoms with Gasteiger partial charge in [-0.2, -0.15) is 10.2 Å². The van der Waals surface area contributed by atoms with E-state index in [0.29, 0.717) is 54.7 Å². The van der Waals surface area contributed by atoms with Crippen molar-refractivity contribution in [1.29, 1.82) is 5.26 Å². The van der Waals surface area contributed by atoms with E-state index < -0.39 is 0 Å². The Morgan fingerprint density at radius 1 is 0.931 bits per heavy atom. The predicted octanol–water partition coefficient (Wildman–Crippen LogP) is 2.77. The lowest BCUT2D eigenvalue weighted by Crippen LogP contribution is -2.46. The molecule has 0 N–H and O–H groups in total. The third-order valence-corrected chi connectivity index (χ3v) is 4.66. The van der Waals surface area contributed by atoms with Gasteiger partial charge in [0.1, 0.15) is 6.07 Å². The number of nitriles is 1. The Morgan fingerprint density at radius 3 is 2.31 bits per heavy atom. The van der Waals surface area contributed by atoms with Crippen molar-refractivity contribution in [2.24, 2.45) is 0 Å². The highest BCUT2D eigenvalue weighted by Crippen LogP contribution is 2.29. The predicted molar refractivity (Wildman–Crippen MR) is 98.4 cm³/mol. The van der Waals surface area contributed by atoms with Crippen LogP contribution >= 0.6 is 0 Å². The summed E-state index contributed by atoms with van der Waals surface area (Å²) in [7, 11) is 0. The minimum atomic E-state index is 0.254. The molecular weight excluding hydrogens is 376 g/mol. The molecule has 146 valence electrons. The van der Waals surface area contributed by atoms with Crippen LogP contribution in [-0.4, -0.2) is 46.3 Å². The Hall–Kier alpha value is -3.84. The molecule has 5 rings (SSSR count). The number of nitrogens with zero attached hydrogens (tertiary/aromatic N) is 6. The summed E-state index contributed by atoms with van der Waals surface area (Å²) < 4.78 is 22.1. The molecular formula is C19H16N6O4. The normalized spacial score (nSPS) is 14.9. The quantitative estimate of drug-likeness (QED) is 0.501. The largest absolute Gasteiger partial charge is 0.459 e. The lowest BCUT2D eigenvalue weighted by Gasteiger charge is -2.33. The SMILES string of the molecule is N#Cc1nc(-c2ccco2)oc1N1CCN(Cc2nnc(-c3ccco3)o2)CC1. The van der Waals surface area contributed by atoms with Crippen LogP contribution in [0.15, 0.2) is 54.5 Å². The van der Waals surface area contributed by atoms with Crippen LogP contribution in [0.5, 0.6) is 0 Å². The number of aromatic nitrogens is 3. The van der Waals surface area contributed by atoms with Crippen LogP contribution in [0.2, 0.25) is 0 Å². The molecule has 29 heavy (non-hydrogen) atoms. The van der Waals surface area contributed by atoms with Gasteiger partial charge in [0.25, 0.3) is 11.8 Å². The maximum absolute atomic E-state index is 9.41. The van der Waals surface area contributed by atoms with Crippen LogP contribution in [0.25, 0.3) is 23.3 Å². The molecule has 0 amide bonds. The first-order valence-electron chi connectivity index (χ1n) is 9.08. The Balaban J connectivity index is 1.24.